The van der Waals surface area contributed by atoms with Crippen molar-refractivity contribution < 1.29 is 9.53 Å². The van der Waals surface area contributed by atoms with Crippen molar-refractivity contribution in [2.75, 3.05) is 6.61 Å². The number of carbonyl (C=O) groups excluding carboxylic acids is 1. The van der Waals surface area contributed by atoms with Gasteiger partial charge < -0.3 is 9.30 Å². The fourth-order valence-electron chi connectivity index (χ4n) is 3.39. The lowest BCUT2D eigenvalue weighted by atomic mass is 10.0. The Kier molecular flexibility index (Phi) is 6.05. The quantitative estimate of drug-likeness (QED) is 0.632. The number of amides is 1. The first-order valence-corrected chi connectivity index (χ1v) is 9.16. The molecular weight excluding hydrogens is 340 g/mol. The fraction of sp³-hybridized carbons (Fsp3) is 0.381. The number of hydrazone groups is 1. The standard InChI is InChI=1S/C21H24N4O2/c1-15-11-18(16(2)25(15)14-19-9-6-10-27-19)13-23-24-21(26)20(12-22)17-7-4-3-5-8-17/h3-5,7-8,11,13,19-20H,6,9-10,14H2,1-2H3,(H,24,26)/b23-13-/t19-,20+/m1/s1. The molecule has 1 amide bonds. The van der Waals surface area contributed by atoms with Gasteiger partial charge in [-0.25, -0.2) is 5.43 Å². The van der Waals surface area contributed by atoms with Gasteiger partial charge in [0.25, 0.3) is 5.91 Å². The Bertz CT molecular complexity index is 858. The molecular formula is C21H24N4O2. The summed E-state index contributed by atoms with van der Waals surface area (Å²) in [5.74, 6) is -1.32. The van der Waals surface area contributed by atoms with Crippen molar-refractivity contribution >= 4 is 12.1 Å². The number of aryl methyl sites for hydroxylation is 1. The summed E-state index contributed by atoms with van der Waals surface area (Å²) >= 11 is 0. The molecule has 0 saturated carbocycles. The van der Waals surface area contributed by atoms with Crippen LogP contribution in [0.2, 0.25) is 0 Å². The van der Waals surface area contributed by atoms with Crippen molar-refractivity contribution in [3.63, 3.8) is 0 Å². The summed E-state index contributed by atoms with van der Waals surface area (Å²) in [4.78, 5) is 12.3. The monoisotopic (exact) mass is 364 g/mol. The van der Waals surface area contributed by atoms with Gasteiger partial charge in [0, 0.05) is 30.1 Å². The van der Waals surface area contributed by atoms with E-state index in [1.807, 2.05) is 25.1 Å². The molecule has 0 radical (unpaired) electrons. The lowest BCUT2D eigenvalue weighted by Crippen LogP contribution is -2.24. The summed E-state index contributed by atoms with van der Waals surface area (Å²) in [6.07, 6.45) is 4.10. The number of ether oxygens (including phenoxy) is 1. The molecule has 0 spiro atoms. The van der Waals surface area contributed by atoms with Crippen LogP contribution in [0.3, 0.4) is 0 Å². The number of hydrogen-bond donors (Lipinski definition) is 1. The molecule has 3 rings (SSSR count). The minimum Gasteiger partial charge on any atom is -0.376 e. The van der Waals surface area contributed by atoms with Crippen LogP contribution in [0.15, 0.2) is 41.5 Å². The van der Waals surface area contributed by atoms with Gasteiger partial charge in [0.1, 0.15) is 0 Å². The van der Waals surface area contributed by atoms with Crippen molar-refractivity contribution in [2.24, 2.45) is 5.10 Å². The molecule has 1 aliphatic rings. The highest BCUT2D eigenvalue weighted by molar-refractivity contribution is 5.88. The number of hydrogen-bond acceptors (Lipinski definition) is 4. The van der Waals surface area contributed by atoms with E-state index in [2.05, 4.69) is 22.0 Å². The maximum absolute atomic E-state index is 12.3. The molecule has 2 heterocycles. The summed E-state index contributed by atoms with van der Waals surface area (Å²) in [5.41, 5.74) is 6.30. The molecule has 2 aromatic rings. The van der Waals surface area contributed by atoms with E-state index in [9.17, 15) is 10.1 Å². The van der Waals surface area contributed by atoms with Gasteiger partial charge >= 0.3 is 0 Å². The molecule has 0 bridgehead atoms. The number of aromatic nitrogens is 1. The minimum absolute atomic E-state index is 0.265. The van der Waals surface area contributed by atoms with E-state index in [0.717, 1.165) is 42.9 Å². The fourth-order valence-corrected chi connectivity index (χ4v) is 3.39. The Morgan fingerprint density at radius 3 is 2.89 bits per heavy atom. The molecule has 1 fully saturated rings. The molecule has 0 aliphatic carbocycles. The largest absolute Gasteiger partial charge is 0.376 e. The third-order valence-electron chi connectivity index (χ3n) is 4.93. The molecule has 140 valence electrons. The maximum atomic E-state index is 12.3. The zero-order valence-corrected chi connectivity index (χ0v) is 15.7. The van der Waals surface area contributed by atoms with Crippen molar-refractivity contribution in [2.45, 2.75) is 45.3 Å². The molecule has 2 atom stereocenters. The van der Waals surface area contributed by atoms with Crippen molar-refractivity contribution in [3.8, 4) is 6.07 Å². The smallest absolute Gasteiger partial charge is 0.261 e. The van der Waals surface area contributed by atoms with E-state index in [-0.39, 0.29) is 6.10 Å². The number of rotatable bonds is 6. The topological polar surface area (TPSA) is 79.4 Å². The average Bonchev–Trinajstić information content (AvgIpc) is 3.27. The van der Waals surface area contributed by atoms with E-state index in [4.69, 9.17) is 4.74 Å². The Labute approximate surface area is 159 Å². The van der Waals surface area contributed by atoms with E-state index >= 15 is 0 Å². The SMILES string of the molecule is Cc1cc(/C=N\NC(=O)[C@@H](C#N)c2ccccc2)c(C)n1C[C@H]1CCCO1. The zero-order valence-electron chi connectivity index (χ0n) is 15.7. The third-order valence-corrected chi connectivity index (χ3v) is 4.93. The summed E-state index contributed by atoms with van der Waals surface area (Å²) in [6.45, 7) is 5.76. The van der Waals surface area contributed by atoms with Crippen LogP contribution >= 0.6 is 0 Å². The molecule has 1 aromatic carbocycles. The van der Waals surface area contributed by atoms with Crippen LogP contribution in [0.1, 0.15) is 41.3 Å². The van der Waals surface area contributed by atoms with E-state index in [1.54, 1.807) is 30.5 Å². The molecule has 27 heavy (non-hydrogen) atoms. The number of nitrogens with zero attached hydrogens (tertiary/aromatic N) is 3. The highest BCUT2D eigenvalue weighted by Crippen LogP contribution is 2.19. The summed E-state index contributed by atoms with van der Waals surface area (Å²) in [7, 11) is 0. The second-order valence-electron chi connectivity index (χ2n) is 6.78. The molecule has 1 saturated heterocycles. The molecule has 0 unspecified atom stereocenters. The summed E-state index contributed by atoms with van der Waals surface area (Å²) in [6, 6.07) is 13.0. The van der Waals surface area contributed by atoms with Gasteiger partial charge in [0.15, 0.2) is 5.92 Å². The Morgan fingerprint density at radius 2 is 2.22 bits per heavy atom. The second kappa shape index (κ2) is 8.65. The molecule has 6 nitrogen and oxygen atoms in total. The van der Waals surface area contributed by atoms with Crippen molar-refractivity contribution in [3.05, 3.63) is 58.9 Å². The van der Waals surface area contributed by atoms with Crippen molar-refractivity contribution in [1.29, 1.82) is 5.26 Å². The predicted molar refractivity (Wildman–Crippen MR) is 103 cm³/mol. The minimum atomic E-state index is -0.879. The molecule has 1 N–H and O–H groups in total. The van der Waals surface area contributed by atoms with Gasteiger partial charge in [-0.15, -0.1) is 0 Å². The molecule has 1 aromatic heterocycles. The maximum Gasteiger partial charge on any atom is 0.261 e. The lowest BCUT2D eigenvalue weighted by molar-refractivity contribution is -0.121. The summed E-state index contributed by atoms with van der Waals surface area (Å²) in [5, 5.41) is 13.4. The molecule has 6 heteroatoms. The van der Waals surface area contributed by atoms with Gasteiger partial charge in [-0.1, -0.05) is 30.3 Å². The number of nitriles is 1. The van der Waals surface area contributed by atoms with Gasteiger partial charge in [0.2, 0.25) is 0 Å². The number of benzene rings is 1. The van der Waals surface area contributed by atoms with Gasteiger partial charge in [-0.3, -0.25) is 4.79 Å². The van der Waals surface area contributed by atoms with Crippen LogP contribution in [0.5, 0.6) is 0 Å². The van der Waals surface area contributed by atoms with Crippen molar-refractivity contribution in [1.82, 2.24) is 9.99 Å². The first-order valence-electron chi connectivity index (χ1n) is 9.16. The van der Waals surface area contributed by atoms with Crippen LogP contribution in [-0.2, 0) is 16.1 Å². The Morgan fingerprint density at radius 1 is 1.44 bits per heavy atom. The molecule has 1 aliphatic heterocycles. The van der Waals surface area contributed by atoms with E-state index in [1.165, 1.54) is 0 Å². The first kappa shape index (κ1) is 18.9. The van der Waals surface area contributed by atoms with Gasteiger partial charge in [-0.2, -0.15) is 10.4 Å². The summed E-state index contributed by atoms with van der Waals surface area (Å²) < 4.78 is 7.95. The Hall–Kier alpha value is -2.91. The van der Waals surface area contributed by atoms with Crippen LogP contribution in [0.25, 0.3) is 0 Å². The first-order chi connectivity index (χ1) is 13.1. The lowest BCUT2D eigenvalue weighted by Gasteiger charge is -2.14. The Balaban J connectivity index is 1.65. The van der Waals surface area contributed by atoms with E-state index < -0.39 is 11.8 Å². The van der Waals surface area contributed by atoms with E-state index in [0.29, 0.717) is 5.56 Å². The van der Waals surface area contributed by atoms with Crippen LogP contribution in [-0.4, -0.2) is 29.4 Å². The second-order valence-corrected chi connectivity index (χ2v) is 6.78. The zero-order chi connectivity index (χ0) is 19.2. The van der Waals surface area contributed by atoms with Crippen LogP contribution < -0.4 is 5.43 Å². The average molecular weight is 364 g/mol. The highest BCUT2D eigenvalue weighted by Gasteiger charge is 2.20. The normalized spacial score (nSPS) is 17.7. The highest BCUT2D eigenvalue weighted by atomic mass is 16.5. The number of nitrogens with one attached hydrogen (secondary N) is 1. The number of carbonyl (C=O) groups is 1. The van der Waals surface area contributed by atoms with Crippen LogP contribution in [0.4, 0.5) is 0 Å². The van der Waals surface area contributed by atoms with Gasteiger partial charge in [0.05, 0.1) is 18.4 Å². The van der Waals surface area contributed by atoms with Crippen LogP contribution in [0, 0.1) is 25.2 Å². The third kappa shape index (κ3) is 4.44. The van der Waals surface area contributed by atoms with Gasteiger partial charge in [-0.05, 0) is 38.3 Å². The predicted octanol–water partition coefficient (Wildman–Crippen LogP) is 3.04.